The van der Waals surface area contributed by atoms with Crippen LogP contribution < -0.4 is 5.63 Å². The molecule has 7 heteroatoms. The Morgan fingerprint density at radius 1 is 1.00 bits per heavy atom. The van der Waals surface area contributed by atoms with Gasteiger partial charge in [0, 0.05) is 35.2 Å². The molecule has 0 aliphatic heterocycles. The summed E-state index contributed by atoms with van der Waals surface area (Å²) < 4.78 is 7.53. The fraction of sp³-hybridized carbons (Fsp3) is 0.154. The highest BCUT2D eigenvalue weighted by atomic mass is 32.2. The molecule has 3 aromatic heterocycles. The van der Waals surface area contributed by atoms with E-state index in [1.165, 1.54) is 0 Å². The van der Waals surface area contributed by atoms with Crippen LogP contribution in [0.15, 0.2) is 87.4 Å². The van der Waals surface area contributed by atoms with Gasteiger partial charge in [-0.3, -0.25) is 9.55 Å². The SMILES string of the molecule is CCc1ccc2c(CSc3nnc(-c4ccncc4)n3-c3ccccc3C)cc(=O)oc2c1. The minimum absolute atomic E-state index is 0.343. The van der Waals surface area contributed by atoms with Gasteiger partial charge >= 0.3 is 5.63 Å². The van der Waals surface area contributed by atoms with Crippen LogP contribution in [0.25, 0.3) is 28.0 Å². The van der Waals surface area contributed by atoms with Gasteiger partial charge in [-0.15, -0.1) is 10.2 Å². The lowest BCUT2D eigenvalue weighted by Crippen LogP contribution is -2.03. The quantitative estimate of drug-likeness (QED) is 0.246. The molecule has 5 rings (SSSR count). The molecule has 0 spiro atoms. The Labute approximate surface area is 195 Å². The van der Waals surface area contributed by atoms with Gasteiger partial charge < -0.3 is 4.42 Å². The van der Waals surface area contributed by atoms with Crippen LogP contribution in [-0.2, 0) is 12.2 Å². The van der Waals surface area contributed by atoms with Crippen LogP contribution in [0, 0.1) is 6.92 Å². The maximum absolute atomic E-state index is 12.2. The zero-order valence-corrected chi connectivity index (χ0v) is 19.2. The zero-order valence-electron chi connectivity index (χ0n) is 18.4. The summed E-state index contributed by atoms with van der Waals surface area (Å²) in [5.41, 5.74) is 5.40. The van der Waals surface area contributed by atoms with E-state index in [0.29, 0.717) is 11.3 Å². The molecule has 0 unspecified atom stereocenters. The molecule has 6 nitrogen and oxygen atoms in total. The van der Waals surface area contributed by atoms with E-state index in [2.05, 4.69) is 51.8 Å². The number of nitrogens with zero attached hydrogens (tertiary/aromatic N) is 4. The van der Waals surface area contributed by atoms with Crippen LogP contribution in [0.5, 0.6) is 0 Å². The first-order chi connectivity index (χ1) is 16.1. The van der Waals surface area contributed by atoms with E-state index in [4.69, 9.17) is 4.42 Å². The second-order valence-corrected chi connectivity index (χ2v) is 8.67. The first-order valence-corrected chi connectivity index (χ1v) is 11.7. The summed E-state index contributed by atoms with van der Waals surface area (Å²) in [5.74, 6) is 1.31. The third kappa shape index (κ3) is 4.19. The highest BCUT2D eigenvalue weighted by Gasteiger charge is 2.18. The number of fused-ring (bicyclic) bond motifs is 1. The molecule has 164 valence electrons. The van der Waals surface area contributed by atoms with E-state index < -0.39 is 0 Å². The summed E-state index contributed by atoms with van der Waals surface area (Å²) in [7, 11) is 0. The summed E-state index contributed by atoms with van der Waals surface area (Å²) in [5, 5.41) is 10.7. The lowest BCUT2D eigenvalue weighted by atomic mass is 10.1. The predicted molar refractivity (Wildman–Crippen MR) is 131 cm³/mol. The highest BCUT2D eigenvalue weighted by molar-refractivity contribution is 7.98. The Bertz CT molecular complexity index is 1490. The van der Waals surface area contributed by atoms with Gasteiger partial charge in [-0.2, -0.15) is 0 Å². The monoisotopic (exact) mass is 454 g/mol. The highest BCUT2D eigenvalue weighted by Crippen LogP contribution is 2.32. The Hall–Kier alpha value is -3.71. The summed E-state index contributed by atoms with van der Waals surface area (Å²) in [4.78, 5) is 16.3. The van der Waals surface area contributed by atoms with Crippen molar-refractivity contribution in [3.05, 3.63) is 100 Å². The van der Waals surface area contributed by atoms with Gasteiger partial charge in [0.15, 0.2) is 11.0 Å². The van der Waals surface area contributed by atoms with Crippen LogP contribution in [0.2, 0.25) is 0 Å². The van der Waals surface area contributed by atoms with Gasteiger partial charge in [0.1, 0.15) is 5.58 Å². The summed E-state index contributed by atoms with van der Waals surface area (Å²) in [6.07, 6.45) is 4.38. The van der Waals surface area contributed by atoms with Crippen molar-refractivity contribution in [1.82, 2.24) is 19.7 Å². The Morgan fingerprint density at radius 2 is 1.82 bits per heavy atom. The normalized spacial score (nSPS) is 11.2. The van der Waals surface area contributed by atoms with Gasteiger partial charge in [0.2, 0.25) is 0 Å². The molecule has 0 bridgehead atoms. The number of benzene rings is 2. The van der Waals surface area contributed by atoms with Crippen LogP contribution in [-0.4, -0.2) is 19.7 Å². The first-order valence-electron chi connectivity index (χ1n) is 10.7. The molecule has 0 fully saturated rings. The van der Waals surface area contributed by atoms with Crippen molar-refractivity contribution in [2.24, 2.45) is 0 Å². The number of para-hydroxylation sites is 1. The molecule has 0 amide bonds. The van der Waals surface area contributed by atoms with Crippen LogP contribution in [0.3, 0.4) is 0 Å². The number of thioether (sulfide) groups is 1. The summed E-state index contributed by atoms with van der Waals surface area (Å²) in [6, 6.07) is 19.6. The number of aromatic nitrogens is 4. The average Bonchev–Trinajstić information content (AvgIpc) is 3.26. The molecule has 0 atom stereocenters. The van der Waals surface area contributed by atoms with Gasteiger partial charge in [0.05, 0.1) is 5.69 Å². The van der Waals surface area contributed by atoms with Crippen molar-refractivity contribution < 1.29 is 4.42 Å². The second-order valence-electron chi connectivity index (χ2n) is 7.73. The topological polar surface area (TPSA) is 73.8 Å². The second kappa shape index (κ2) is 9.03. The van der Waals surface area contributed by atoms with Crippen molar-refractivity contribution in [3.8, 4) is 17.1 Å². The molecule has 0 saturated heterocycles. The molecule has 0 aliphatic rings. The van der Waals surface area contributed by atoms with Gasteiger partial charge in [-0.1, -0.05) is 49.0 Å². The van der Waals surface area contributed by atoms with Crippen molar-refractivity contribution in [1.29, 1.82) is 0 Å². The van der Waals surface area contributed by atoms with Crippen LogP contribution in [0.1, 0.15) is 23.6 Å². The van der Waals surface area contributed by atoms with Crippen molar-refractivity contribution >= 4 is 22.7 Å². The van der Waals surface area contributed by atoms with E-state index in [1.54, 1.807) is 30.2 Å². The third-order valence-corrected chi connectivity index (χ3v) is 6.57. The largest absolute Gasteiger partial charge is 0.423 e. The fourth-order valence-corrected chi connectivity index (χ4v) is 4.77. The lowest BCUT2D eigenvalue weighted by molar-refractivity contribution is 0.559. The average molecular weight is 455 g/mol. The van der Waals surface area contributed by atoms with Gasteiger partial charge in [-0.25, -0.2) is 4.79 Å². The van der Waals surface area contributed by atoms with Crippen molar-refractivity contribution in [3.63, 3.8) is 0 Å². The van der Waals surface area contributed by atoms with Crippen molar-refractivity contribution in [2.45, 2.75) is 31.2 Å². The summed E-state index contributed by atoms with van der Waals surface area (Å²) in [6.45, 7) is 4.15. The first kappa shape index (κ1) is 21.2. The fourth-order valence-electron chi connectivity index (χ4n) is 3.84. The molecule has 0 aliphatic carbocycles. The minimum Gasteiger partial charge on any atom is -0.423 e. The maximum atomic E-state index is 12.2. The molecule has 0 radical (unpaired) electrons. The van der Waals surface area contributed by atoms with E-state index >= 15 is 0 Å². The number of pyridine rings is 1. The van der Waals surface area contributed by atoms with E-state index in [9.17, 15) is 4.79 Å². The molecular formula is C26H22N4O2S. The number of hydrogen-bond donors (Lipinski definition) is 0. The van der Waals surface area contributed by atoms with E-state index in [-0.39, 0.29) is 5.63 Å². The van der Waals surface area contributed by atoms with Crippen molar-refractivity contribution in [2.75, 3.05) is 0 Å². The minimum atomic E-state index is -0.343. The van der Waals surface area contributed by atoms with E-state index in [1.807, 2.05) is 36.4 Å². The molecule has 3 heterocycles. The smallest absolute Gasteiger partial charge is 0.336 e. The standard InChI is InChI=1S/C26H22N4O2S/c1-3-18-8-9-21-20(15-24(31)32-23(21)14-18)16-33-26-29-28-25(19-10-12-27-13-11-19)30(26)22-7-5-4-6-17(22)2/h4-15H,3,16H2,1-2H3. The molecular weight excluding hydrogens is 432 g/mol. The number of aryl methyl sites for hydroxylation is 2. The Balaban J connectivity index is 1.57. The lowest BCUT2D eigenvalue weighted by Gasteiger charge is -2.13. The molecule has 0 saturated carbocycles. The number of rotatable bonds is 6. The Kier molecular flexibility index (Phi) is 5.79. The summed E-state index contributed by atoms with van der Waals surface area (Å²) >= 11 is 1.55. The predicted octanol–water partition coefficient (Wildman–Crippen LogP) is 5.60. The molecule has 5 aromatic rings. The van der Waals surface area contributed by atoms with Gasteiger partial charge in [-0.05, 0) is 54.3 Å². The zero-order chi connectivity index (χ0) is 22.8. The Morgan fingerprint density at radius 3 is 2.61 bits per heavy atom. The van der Waals surface area contributed by atoms with Crippen LogP contribution in [0.4, 0.5) is 0 Å². The third-order valence-electron chi connectivity index (χ3n) is 5.59. The maximum Gasteiger partial charge on any atom is 0.336 e. The van der Waals surface area contributed by atoms with Crippen LogP contribution >= 0.6 is 11.8 Å². The molecule has 2 aromatic carbocycles. The molecule has 33 heavy (non-hydrogen) atoms. The number of hydrogen-bond acceptors (Lipinski definition) is 6. The molecule has 0 N–H and O–H groups in total. The van der Waals surface area contributed by atoms with Gasteiger partial charge in [0.25, 0.3) is 0 Å². The van der Waals surface area contributed by atoms with E-state index in [0.717, 1.165) is 50.7 Å².